The van der Waals surface area contributed by atoms with E-state index in [1.54, 1.807) is 29.7 Å². The summed E-state index contributed by atoms with van der Waals surface area (Å²) in [5.41, 5.74) is 2.87. The van der Waals surface area contributed by atoms with E-state index in [1.807, 2.05) is 29.8 Å². The highest BCUT2D eigenvalue weighted by molar-refractivity contribution is 5.96. The Balaban J connectivity index is 1.56. The number of aromatic nitrogens is 4. The highest BCUT2D eigenvalue weighted by atomic mass is 16.5. The molecule has 0 bridgehead atoms. The molecule has 0 aliphatic carbocycles. The fourth-order valence-electron chi connectivity index (χ4n) is 2.89. The van der Waals surface area contributed by atoms with Crippen LogP contribution >= 0.6 is 0 Å². The van der Waals surface area contributed by atoms with Gasteiger partial charge in [-0.05, 0) is 18.2 Å². The van der Waals surface area contributed by atoms with Crippen molar-refractivity contribution in [3.63, 3.8) is 0 Å². The molecule has 1 fully saturated rings. The molecule has 1 unspecified atom stereocenters. The number of hydrogen-bond donors (Lipinski definition) is 0. The molecule has 0 N–H and O–H groups in total. The van der Waals surface area contributed by atoms with Crippen LogP contribution in [0, 0.1) is 0 Å². The maximum absolute atomic E-state index is 12.8. The molecule has 3 aromatic heterocycles. The Morgan fingerprint density at radius 2 is 2.21 bits per heavy atom. The second-order valence-corrected chi connectivity index (χ2v) is 5.79. The fourth-order valence-corrected chi connectivity index (χ4v) is 2.89. The van der Waals surface area contributed by atoms with Crippen LogP contribution < -0.4 is 0 Å². The number of amides is 1. The minimum Gasteiger partial charge on any atom is -0.368 e. The van der Waals surface area contributed by atoms with Crippen LogP contribution in [0.15, 0.2) is 43.0 Å². The summed E-state index contributed by atoms with van der Waals surface area (Å²) in [5.74, 6) is -0.0562. The molecule has 7 heteroatoms. The van der Waals surface area contributed by atoms with E-state index in [0.29, 0.717) is 25.3 Å². The van der Waals surface area contributed by atoms with Crippen LogP contribution in [0.3, 0.4) is 0 Å². The van der Waals surface area contributed by atoms with Crippen LogP contribution in [0.2, 0.25) is 0 Å². The number of pyridine rings is 2. The number of morpholine rings is 1. The molecule has 1 saturated heterocycles. The van der Waals surface area contributed by atoms with E-state index < -0.39 is 0 Å². The number of imidazole rings is 1. The first-order chi connectivity index (χ1) is 11.7. The Morgan fingerprint density at radius 1 is 1.29 bits per heavy atom. The van der Waals surface area contributed by atoms with Crippen molar-refractivity contribution in [1.29, 1.82) is 0 Å². The lowest BCUT2D eigenvalue weighted by Gasteiger charge is -2.32. The van der Waals surface area contributed by atoms with E-state index in [-0.39, 0.29) is 12.0 Å². The minimum atomic E-state index is -0.199. The van der Waals surface area contributed by atoms with Gasteiger partial charge in [-0.1, -0.05) is 6.07 Å². The highest BCUT2D eigenvalue weighted by Gasteiger charge is 2.27. The van der Waals surface area contributed by atoms with Crippen molar-refractivity contribution in [1.82, 2.24) is 24.4 Å². The number of fused-ring (bicyclic) bond motifs is 1. The fraction of sp³-hybridized carbons (Fsp3) is 0.294. The second-order valence-electron chi connectivity index (χ2n) is 5.79. The summed E-state index contributed by atoms with van der Waals surface area (Å²) in [6, 6.07) is 7.49. The molecule has 0 radical (unpaired) electrons. The van der Waals surface area contributed by atoms with Gasteiger partial charge in [-0.2, -0.15) is 0 Å². The van der Waals surface area contributed by atoms with Gasteiger partial charge in [0.2, 0.25) is 0 Å². The molecule has 4 heterocycles. The third-order valence-electron chi connectivity index (χ3n) is 4.17. The van der Waals surface area contributed by atoms with Crippen LogP contribution in [-0.2, 0) is 11.8 Å². The summed E-state index contributed by atoms with van der Waals surface area (Å²) in [5, 5.41) is 0. The maximum atomic E-state index is 12.8. The second kappa shape index (κ2) is 6.01. The smallest absolute Gasteiger partial charge is 0.255 e. The minimum absolute atomic E-state index is 0.0562. The van der Waals surface area contributed by atoms with Crippen molar-refractivity contribution in [2.75, 3.05) is 19.7 Å². The lowest BCUT2D eigenvalue weighted by molar-refractivity contribution is -0.0247. The summed E-state index contributed by atoms with van der Waals surface area (Å²) in [6.07, 6.45) is 4.84. The summed E-state index contributed by atoms with van der Waals surface area (Å²) in [7, 11) is 1.88. The highest BCUT2D eigenvalue weighted by Crippen LogP contribution is 2.22. The summed E-state index contributed by atoms with van der Waals surface area (Å²) >= 11 is 0. The van der Waals surface area contributed by atoms with Crippen LogP contribution in [0.5, 0.6) is 0 Å². The summed E-state index contributed by atoms with van der Waals surface area (Å²) < 4.78 is 7.59. The zero-order chi connectivity index (χ0) is 16.5. The SMILES string of the molecule is Cn1cnc2cc(C(=O)N3CCOC(c4ccccn4)C3)cnc21. The van der Waals surface area contributed by atoms with Gasteiger partial charge in [-0.15, -0.1) is 0 Å². The van der Waals surface area contributed by atoms with Gasteiger partial charge >= 0.3 is 0 Å². The number of rotatable bonds is 2. The van der Waals surface area contributed by atoms with Crippen molar-refractivity contribution >= 4 is 17.1 Å². The zero-order valence-electron chi connectivity index (χ0n) is 13.3. The van der Waals surface area contributed by atoms with E-state index in [4.69, 9.17) is 4.74 Å². The van der Waals surface area contributed by atoms with Crippen molar-refractivity contribution in [3.05, 3.63) is 54.2 Å². The van der Waals surface area contributed by atoms with Crippen molar-refractivity contribution in [2.45, 2.75) is 6.10 Å². The van der Waals surface area contributed by atoms with Gasteiger partial charge in [-0.25, -0.2) is 9.97 Å². The Kier molecular flexibility index (Phi) is 3.70. The standard InChI is InChI=1S/C17H17N5O2/c1-21-11-20-14-8-12(9-19-16(14)21)17(23)22-6-7-24-15(10-22)13-4-2-3-5-18-13/h2-5,8-9,11,15H,6-7,10H2,1H3. The summed E-state index contributed by atoms with van der Waals surface area (Å²) in [6.45, 7) is 1.53. The molecule has 24 heavy (non-hydrogen) atoms. The molecule has 3 aromatic rings. The molecule has 1 atom stereocenters. The molecule has 0 saturated carbocycles. The third kappa shape index (κ3) is 2.63. The third-order valence-corrected chi connectivity index (χ3v) is 4.17. The van der Waals surface area contributed by atoms with Crippen molar-refractivity contribution < 1.29 is 9.53 Å². The number of nitrogens with zero attached hydrogens (tertiary/aromatic N) is 5. The number of ether oxygens (including phenoxy) is 1. The molecule has 4 rings (SSSR count). The average Bonchev–Trinajstić information content (AvgIpc) is 3.02. The first-order valence-electron chi connectivity index (χ1n) is 7.81. The van der Waals surface area contributed by atoms with Gasteiger partial charge in [-0.3, -0.25) is 9.78 Å². The molecule has 1 aliphatic rings. The molecule has 1 aliphatic heterocycles. The lowest BCUT2D eigenvalue weighted by atomic mass is 10.1. The first kappa shape index (κ1) is 14.8. The average molecular weight is 323 g/mol. The van der Waals surface area contributed by atoms with E-state index in [0.717, 1.165) is 16.9 Å². The summed E-state index contributed by atoms with van der Waals surface area (Å²) in [4.78, 5) is 27.5. The molecule has 7 nitrogen and oxygen atoms in total. The molecular formula is C17H17N5O2. The van der Waals surface area contributed by atoms with Crippen LogP contribution in [0.25, 0.3) is 11.2 Å². The Labute approximate surface area is 138 Å². The normalized spacial score (nSPS) is 18.0. The molecule has 0 spiro atoms. The Hall–Kier alpha value is -2.80. The van der Waals surface area contributed by atoms with Gasteiger partial charge in [0.25, 0.3) is 5.91 Å². The van der Waals surface area contributed by atoms with Gasteiger partial charge in [0.15, 0.2) is 5.65 Å². The van der Waals surface area contributed by atoms with Crippen LogP contribution in [-0.4, -0.2) is 50.0 Å². The number of hydrogen-bond acceptors (Lipinski definition) is 5. The van der Waals surface area contributed by atoms with E-state index in [1.165, 1.54) is 0 Å². The van der Waals surface area contributed by atoms with Gasteiger partial charge < -0.3 is 14.2 Å². The Bertz CT molecular complexity index is 877. The maximum Gasteiger partial charge on any atom is 0.255 e. The topological polar surface area (TPSA) is 73.1 Å². The van der Waals surface area contributed by atoms with Gasteiger partial charge in [0, 0.05) is 26.0 Å². The van der Waals surface area contributed by atoms with E-state index in [2.05, 4.69) is 15.0 Å². The quantitative estimate of drug-likeness (QED) is 0.716. The first-order valence-corrected chi connectivity index (χ1v) is 7.81. The number of carbonyl (C=O) groups excluding carboxylic acids is 1. The molecular weight excluding hydrogens is 306 g/mol. The zero-order valence-corrected chi connectivity index (χ0v) is 13.3. The lowest BCUT2D eigenvalue weighted by Crippen LogP contribution is -2.42. The van der Waals surface area contributed by atoms with Gasteiger partial charge in [0.1, 0.15) is 11.6 Å². The predicted octanol–water partition coefficient (Wildman–Crippen LogP) is 1.58. The van der Waals surface area contributed by atoms with Crippen LogP contribution in [0.1, 0.15) is 22.2 Å². The predicted molar refractivity (Wildman–Crippen MR) is 87.3 cm³/mol. The van der Waals surface area contributed by atoms with Gasteiger partial charge in [0.05, 0.1) is 30.7 Å². The molecule has 122 valence electrons. The molecule has 1 amide bonds. The van der Waals surface area contributed by atoms with E-state index in [9.17, 15) is 4.79 Å². The van der Waals surface area contributed by atoms with Crippen LogP contribution in [0.4, 0.5) is 0 Å². The van der Waals surface area contributed by atoms with Crippen molar-refractivity contribution in [3.8, 4) is 0 Å². The monoisotopic (exact) mass is 323 g/mol. The largest absolute Gasteiger partial charge is 0.368 e. The number of aryl methyl sites for hydroxylation is 1. The Morgan fingerprint density at radius 3 is 3.04 bits per heavy atom. The number of carbonyl (C=O) groups is 1. The van der Waals surface area contributed by atoms with Crippen molar-refractivity contribution in [2.24, 2.45) is 7.05 Å². The van der Waals surface area contributed by atoms with E-state index >= 15 is 0 Å². The molecule has 0 aromatic carbocycles.